The Labute approximate surface area is 154 Å². The van der Waals surface area contributed by atoms with Gasteiger partial charge < -0.3 is 14.5 Å². The number of carbonyl (C=O) groups is 1. The Kier molecular flexibility index (Phi) is 5.65. The van der Waals surface area contributed by atoms with E-state index in [2.05, 4.69) is 24.8 Å². The molecule has 2 aromatic rings. The number of nitrogens with zero attached hydrogens (tertiary/aromatic N) is 5. The molecule has 1 aliphatic rings. The van der Waals surface area contributed by atoms with E-state index in [1.165, 1.54) is 0 Å². The molecule has 0 spiro atoms. The first-order chi connectivity index (χ1) is 12.6. The van der Waals surface area contributed by atoms with Crippen LogP contribution in [0.2, 0.25) is 0 Å². The van der Waals surface area contributed by atoms with Gasteiger partial charge in [-0.25, -0.2) is 19.7 Å². The minimum Gasteiger partial charge on any atom is -0.462 e. The molecule has 0 radical (unpaired) electrons. The summed E-state index contributed by atoms with van der Waals surface area (Å²) in [4.78, 5) is 29.8. The summed E-state index contributed by atoms with van der Waals surface area (Å²) in [5.41, 5.74) is 2.46. The van der Waals surface area contributed by atoms with Crippen LogP contribution < -0.4 is 9.80 Å². The van der Waals surface area contributed by atoms with Gasteiger partial charge in [0, 0.05) is 43.8 Å². The van der Waals surface area contributed by atoms with Gasteiger partial charge in [-0.2, -0.15) is 0 Å². The number of ether oxygens (including phenoxy) is 1. The lowest BCUT2D eigenvalue weighted by molar-refractivity contribution is 0.0526. The van der Waals surface area contributed by atoms with E-state index in [9.17, 15) is 4.79 Å². The van der Waals surface area contributed by atoms with Crippen molar-refractivity contribution >= 4 is 17.7 Å². The van der Waals surface area contributed by atoms with Crippen LogP contribution in [0.4, 0.5) is 11.8 Å². The molecule has 0 bridgehead atoms. The first kappa shape index (κ1) is 18.1. The molecule has 26 heavy (non-hydrogen) atoms. The molecule has 0 unspecified atom stereocenters. The average Bonchev–Trinajstić information content (AvgIpc) is 2.87. The number of hydrogen-bond donors (Lipinski definition) is 0. The fourth-order valence-corrected chi connectivity index (χ4v) is 3.10. The van der Waals surface area contributed by atoms with Crippen LogP contribution >= 0.6 is 0 Å². The van der Waals surface area contributed by atoms with E-state index in [0.717, 1.165) is 55.8 Å². The highest BCUT2D eigenvalue weighted by Crippen LogP contribution is 2.17. The highest BCUT2D eigenvalue weighted by atomic mass is 16.5. The zero-order valence-electron chi connectivity index (χ0n) is 15.6. The maximum Gasteiger partial charge on any atom is 0.339 e. The first-order valence-electron chi connectivity index (χ1n) is 9.02. The lowest BCUT2D eigenvalue weighted by Gasteiger charge is -2.23. The van der Waals surface area contributed by atoms with Crippen LogP contribution in [0.5, 0.6) is 0 Å². The van der Waals surface area contributed by atoms with Crippen molar-refractivity contribution in [3.63, 3.8) is 0 Å². The van der Waals surface area contributed by atoms with Crippen LogP contribution in [0.25, 0.3) is 0 Å². The van der Waals surface area contributed by atoms with Crippen molar-refractivity contribution in [1.29, 1.82) is 0 Å². The Bertz CT molecular complexity index is 743. The molecule has 1 fully saturated rings. The van der Waals surface area contributed by atoms with E-state index < -0.39 is 0 Å². The van der Waals surface area contributed by atoms with Gasteiger partial charge in [0.05, 0.1) is 12.2 Å². The van der Waals surface area contributed by atoms with Gasteiger partial charge in [0.15, 0.2) is 0 Å². The van der Waals surface area contributed by atoms with Gasteiger partial charge >= 0.3 is 5.97 Å². The number of esters is 1. The molecule has 7 nitrogen and oxygen atoms in total. The molecule has 3 heterocycles. The van der Waals surface area contributed by atoms with Crippen LogP contribution in [-0.4, -0.2) is 53.7 Å². The molecule has 0 aromatic carbocycles. The molecular formula is C19H25N5O2. The predicted molar refractivity (Wildman–Crippen MR) is 101 cm³/mol. The molecule has 7 heteroatoms. The zero-order valence-corrected chi connectivity index (χ0v) is 15.6. The third-order valence-electron chi connectivity index (χ3n) is 4.33. The molecule has 1 saturated heterocycles. The molecule has 0 amide bonds. The second kappa shape index (κ2) is 8.12. The SMILES string of the molecule is CCOC(=O)c1ccc(N2CCCN(c3nc(C)cc(C)n3)CC2)nc1. The number of hydrogen-bond acceptors (Lipinski definition) is 7. The average molecular weight is 355 g/mol. The van der Waals surface area contributed by atoms with Gasteiger partial charge in [-0.15, -0.1) is 0 Å². The van der Waals surface area contributed by atoms with Crippen molar-refractivity contribution in [3.05, 3.63) is 41.3 Å². The first-order valence-corrected chi connectivity index (χ1v) is 9.02. The van der Waals surface area contributed by atoms with Gasteiger partial charge in [-0.3, -0.25) is 0 Å². The normalized spacial score (nSPS) is 14.9. The summed E-state index contributed by atoms with van der Waals surface area (Å²) >= 11 is 0. The van der Waals surface area contributed by atoms with E-state index in [1.807, 2.05) is 26.0 Å². The van der Waals surface area contributed by atoms with Crippen molar-refractivity contribution in [2.45, 2.75) is 27.2 Å². The summed E-state index contributed by atoms with van der Waals surface area (Å²) in [6.45, 7) is 9.65. The maximum absolute atomic E-state index is 11.7. The molecule has 3 rings (SSSR count). The molecule has 1 aliphatic heterocycles. The van der Waals surface area contributed by atoms with E-state index in [1.54, 1.807) is 19.2 Å². The zero-order chi connectivity index (χ0) is 18.5. The monoisotopic (exact) mass is 355 g/mol. The van der Waals surface area contributed by atoms with Crippen LogP contribution in [0.1, 0.15) is 35.1 Å². The highest BCUT2D eigenvalue weighted by Gasteiger charge is 2.19. The minimum atomic E-state index is -0.333. The minimum absolute atomic E-state index is 0.333. The predicted octanol–water partition coefficient (Wildman–Crippen LogP) is 2.38. The Balaban J connectivity index is 1.67. The molecular weight excluding hydrogens is 330 g/mol. The number of aryl methyl sites for hydroxylation is 2. The maximum atomic E-state index is 11.7. The lowest BCUT2D eigenvalue weighted by atomic mass is 10.2. The Morgan fingerprint density at radius 1 is 1.08 bits per heavy atom. The Morgan fingerprint density at radius 2 is 1.77 bits per heavy atom. The highest BCUT2D eigenvalue weighted by molar-refractivity contribution is 5.89. The van der Waals surface area contributed by atoms with Crippen molar-refractivity contribution in [1.82, 2.24) is 15.0 Å². The van der Waals surface area contributed by atoms with Gasteiger partial charge in [-0.1, -0.05) is 0 Å². The van der Waals surface area contributed by atoms with Crippen LogP contribution in [0.3, 0.4) is 0 Å². The van der Waals surface area contributed by atoms with Gasteiger partial charge in [-0.05, 0) is 45.4 Å². The summed E-state index contributed by atoms with van der Waals surface area (Å²) in [5.74, 6) is 1.34. The van der Waals surface area contributed by atoms with Crippen LogP contribution in [-0.2, 0) is 4.74 Å². The summed E-state index contributed by atoms with van der Waals surface area (Å²) in [7, 11) is 0. The van der Waals surface area contributed by atoms with E-state index >= 15 is 0 Å². The molecule has 0 atom stereocenters. The summed E-state index contributed by atoms with van der Waals surface area (Å²) in [6, 6.07) is 5.65. The molecule has 0 aliphatic carbocycles. The number of rotatable bonds is 4. The fourth-order valence-electron chi connectivity index (χ4n) is 3.10. The number of pyridine rings is 1. The van der Waals surface area contributed by atoms with Crippen molar-refractivity contribution in [2.24, 2.45) is 0 Å². The quantitative estimate of drug-likeness (QED) is 0.780. The van der Waals surface area contributed by atoms with Crippen LogP contribution in [0.15, 0.2) is 24.4 Å². The topological polar surface area (TPSA) is 71.5 Å². The van der Waals surface area contributed by atoms with Gasteiger partial charge in [0.25, 0.3) is 0 Å². The standard InChI is InChI=1S/C19H25N5O2/c1-4-26-18(25)16-6-7-17(20-13-16)23-8-5-9-24(11-10-23)19-21-14(2)12-15(3)22-19/h6-7,12-13H,4-5,8-11H2,1-3H3. The lowest BCUT2D eigenvalue weighted by Crippen LogP contribution is -2.32. The number of carbonyl (C=O) groups excluding carboxylic acids is 1. The smallest absolute Gasteiger partial charge is 0.339 e. The van der Waals surface area contributed by atoms with E-state index in [4.69, 9.17) is 4.74 Å². The van der Waals surface area contributed by atoms with E-state index in [-0.39, 0.29) is 5.97 Å². The molecule has 0 saturated carbocycles. The van der Waals surface area contributed by atoms with Gasteiger partial charge in [0.1, 0.15) is 5.82 Å². The van der Waals surface area contributed by atoms with Crippen molar-refractivity contribution in [3.8, 4) is 0 Å². The third-order valence-corrected chi connectivity index (χ3v) is 4.33. The summed E-state index contributed by atoms with van der Waals surface area (Å²) < 4.78 is 5.00. The Morgan fingerprint density at radius 3 is 2.42 bits per heavy atom. The van der Waals surface area contributed by atoms with Crippen molar-refractivity contribution in [2.75, 3.05) is 42.6 Å². The summed E-state index contributed by atoms with van der Waals surface area (Å²) in [6.07, 6.45) is 2.58. The van der Waals surface area contributed by atoms with E-state index in [0.29, 0.717) is 12.2 Å². The second-order valence-corrected chi connectivity index (χ2v) is 6.40. The van der Waals surface area contributed by atoms with Gasteiger partial charge in [0.2, 0.25) is 5.95 Å². The fraction of sp³-hybridized carbons (Fsp3) is 0.474. The molecule has 138 valence electrons. The largest absolute Gasteiger partial charge is 0.462 e. The number of aromatic nitrogens is 3. The second-order valence-electron chi connectivity index (χ2n) is 6.40. The van der Waals surface area contributed by atoms with Crippen LogP contribution in [0, 0.1) is 13.8 Å². The molecule has 2 aromatic heterocycles. The Hall–Kier alpha value is -2.70. The molecule has 0 N–H and O–H groups in total. The number of anilines is 2. The van der Waals surface area contributed by atoms with Crippen molar-refractivity contribution < 1.29 is 9.53 Å². The third kappa shape index (κ3) is 4.28. The summed E-state index contributed by atoms with van der Waals surface area (Å²) in [5, 5.41) is 0.